The number of piperidine rings is 1. The number of likely N-dealkylation sites (N-methyl/N-ethyl adjacent to an activating group) is 1. The smallest absolute Gasteiger partial charge is 0.410 e. The van der Waals surface area contributed by atoms with E-state index < -0.39 is 5.60 Å². The van der Waals surface area contributed by atoms with E-state index in [1.807, 2.05) is 25.7 Å². The van der Waals surface area contributed by atoms with Gasteiger partial charge in [-0.3, -0.25) is 0 Å². The van der Waals surface area contributed by atoms with Crippen LogP contribution in [0, 0.1) is 5.92 Å². The molecule has 0 aromatic heterocycles. The second-order valence-corrected chi connectivity index (χ2v) is 9.22. The summed E-state index contributed by atoms with van der Waals surface area (Å²) in [6.45, 7) is 13.1. The molecule has 0 aliphatic carbocycles. The van der Waals surface area contributed by atoms with Crippen LogP contribution in [0.4, 0.5) is 10.5 Å². The Bertz CT molecular complexity index is 647. The summed E-state index contributed by atoms with van der Waals surface area (Å²) in [7, 11) is 2.18. The minimum atomic E-state index is -0.468. The van der Waals surface area contributed by atoms with Gasteiger partial charge in [0.05, 0.1) is 6.04 Å². The van der Waals surface area contributed by atoms with Gasteiger partial charge in [0, 0.05) is 38.4 Å². The number of amides is 1. The van der Waals surface area contributed by atoms with Crippen molar-refractivity contribution in [1.29, 1.82) is 0 Å². The number of nitrogens with zero attached hydrogens (tertiary/aromatic N) is 3. The predicted octanol–water partition coefficient (Wildman–Crippen LogP) is 4.15. The van der Waals surface area contributed by atoms with Gasteiger partial charge in [0.1, 0.15) is 5.60 Å². The summed E-state index contributed by atoms with van der Waals surface area (Å²) >= 11 is 0. The number of ether oxygens (including phenoxy) is 1. The normalized spacial score (nSPS) is 24.8. The number of carbonyl (C=O) groups excluding carboxylic acids is 1. The number of hydrogen-bond donors (Lipinski definition) is 0. The van der Waals surface area contributed by atoms with Crippen molar-refractivity contribution in [3.05, 3.63) is 29.8 Å². The molecule has 2 aliphatic heterocycles. The molecule has 5 nitrogen and oxygen atoms in total. The first-order chi connectivity index (χ1) is 12.7. The van der Waals surface area contributed by atoms with Crippen molar-refractivity contribution in [1.82, 2.24) is 9.80 Å². The lowest BCUT2D eigenvalue weighted by Crippen LogP contribution is -2.45. The molecule has 1 amide bonds. The largest absolute Gasteiger partial charge is 0.444 e. The fourth-order valence-corrected chi connectivity index (χ4v) is 4.01. The fourth-order valence-electron chi connectivity index (χ4n) is 4.01. The highest BCUT2D eigenvalue weighted by Gasteiger charge is 2.34. The number of anilines is 1. The second-order valence-electron chi connectivity index (χ2n) is 9.22. The Balaban J connectivity index is 1.80. The molecule has 2 atom stereocenters. The van der Waals surface area contributed by atoms with E-state index in [1.165, 1.54) is 11.3 Å². The van der Waals surface area contributed by atoms with Crippen LogP contribution in [-0.2, 0) is 4.74 Å². The van der Waals surface area contributed by atoms with E-state index in [0.717, 1.165) is 45.6 Å². The fraction of sp³-hybridized carbons (Fsp3) is 0.682. The Labute approximate surface area is 164 Å². The third-order valence-electron chi connectivity index (χ3n) is 5.57. The van der Waals surface area contributed by atoms with E-state index in [1.54, 1.807) is 0 Å². The topological polar surface area (TPSA) is 36.0 Å². The minimum absolute atomic E-state index is 0.100. The molecular formula is C22H35N3O2. The first-order valence-electron chi connectivity index (χ1n) is 10.3. The summed E-state index contributed by atoms with van der Waals surface area (Å²) in [5, 5.41) is 0. The molecule has 2 aliphatic rings. The number of rotatable bonds is 2. The third-order valence-corrected chi connectivity index (χ3v) is 5.57. The van der Waals surface area contributed by atoms with Crippen molar-refractivity contribution in [3.8, 4) is 0 Å². The van der Waals surface area contributed by atoms with Crippen molar-refractivity contribution in [2.24, 2.45) is 5.92 Å². The molecule has 0 saturated carbocycles. The van der Waals surface area contributed by atoms with Gasteiger partial charge < -0.3 is 19.4 Å². The van der Waals surface area contributed by atoms with E-state index in [9.17, 15) is 4.79 Å². The number of hydrogen-bond acceptors (Lipinski definition) is 4. The van der Waals surface area contributed by atoms with E-state index in [0.29, 0.717) is 5.92 Å². The Kier molecular flexibility index (Phi) is 5.99. The molecule has 5 heteroatoms. The SMILES string of the molecule is CC1CCC(c2cccc(N3CCN(C)CC3)c2)N(C(=O)OC(C)(C)C)C1. The molecular weight excluding hydrogens is 338 g/mol. The minimum Gasteiger partial charge on any atom is -0.444 e. The highest BCUT2D eigenvalue weighted by atomic mass is 16.6. The predicted molar refractivity (Wildman–Crippen MR) is 110 cm³/mol. The van der Waals surface area contributed by atoms with Gasteiger partial charge in [0.15, 0.2) is 0 Å². The monoisotopic (exact) mass is 373 g/mol. The second kappa shape index (κ2) is 8.09. The van der Waals surface area contributed by atoms with Crippen LogP contribution in [0.15, 0.2) is 24.3 Å². The van der Waals surface area contributed by atoms with Crippen molar-refractivity contribution in [3.63, 3.8) is 0 Å². The molecule has 2 heterocycles. The quantitative estimate of drug-likeness (QED) is 0.780. The Morgan fingerprint density at radius 1 is 1.11 bits per heavy atom. The van der Waals surface area contributed by atoms with Crippen LogP contribution in [0.1, 0.15) is 52.1 Å². The average Bonchev–Trinajstić information content (AvgIpc) is 2.61. The van der Waals surface area contributed by atoms with Gasteiger partial charge in [-0.1, -0.05) is 19.1 Å². The molecule has 27 heavy (non-hydrogen) atoms. The molecule has 0 N–H and O–H groups in total. The molecule has 0 radical (unpaired) electrons. The lowest BCUT2D eigenvalue weighted by atomic mass is 9.90. The van der Waals surface area contributed by atoms with Crippen LogP contribution in [-0.4, -0.2) is 61.3 Å². The maximum atomic E-state index is 12.9. The zero-order valence-corrected chi connectivity index (χ0v) is 17.6. The van der Waals surface area contributed by atoms with E-state index >= 15 is 0 Å². The van der Waals surface area contributed by atoms with Crippen LogP contribution < -0.4 is 4.90 Å². The molecule has 1 aromatic rings. The maximum absolute atomic E-state index is 12.9. The van der Waals surface area contributed by atoms with Crippen molar-refractivity contribution >= 4 is 11.8 Å². The van der Waals surface area contributed by atoms with E-state index in [4.69, 9.17) is 4.74 Å². The average molecular weight is 374 g/mol. The van der Waals surface area contributed by atoms with Crippen molar-refractivity contribution in [2.45, 2.75) is 52.2 Å². The van der Waals surface area contributed by atoms with Crippen molar-refractivity contribution < 1.29 is 9.53 Å². The Hall–Kier alpha value is -1.75. The Morgan fingerprint density at radius 3 is 2.48 bits per heavy atom. The Morgan fingerprint density at radius 2 is 1.81 bits per heavy atom. The van der Waals surface area contributed by atoms with Gasteiger partial charge in [-0.15, -0.1) is 0 Å². The van der Waals surface area contributed by atoms with Crippen molar-refractivity contribution in [2.75, 3.05) is 44.7 Å². The molecule has 2 saturated heterocycles. The lowest BCUT2D eigenvalue weighted by molar-refractivity contribution is 0.00364. The zero-order chi connectivity index (χ0) is 19.6. The summed E-state index contributed by atoms with van der Waals surface area (Å²) in [4.78, 5) is 19.6. The van der Waals surface area contributed by atoms with Gasteiger partial charge in [0.25, 0.3) is 0 Å². The molecule has 0 spiro atoms. The number of benzene rings is 1. The first kappa shape index (κ1) is 20.0. The van der Waals surface area contributed by atoms with Gasteiger partial charge in [-0.25, -0.2) is 4.79 Å². The van der Waals surface area contributed by atoms with E-state index in [-0.39, 0.29) is 12.1 Å². The number of likely N-dealkylation sites (tertiary alicyclic amines) is 1. The highest BCUT2D eigenvalue weighted by molar-refractivity contribution is 5.69. The van der Waals surface area contributed by atoms with Crippen LogP contribution >= 0.6 is 0 Å². The summed E-state index contributed by atoms with van der Waals surface area (Å²) < 4.78 is 5.71. The van der Waals surface area contributed by atoms with E-state index in [2.05, 4.69) is 48.0 Å². The lowest BCUT2D eigenvalue weighted by Gasteiger charge is -2.40. The van der Waals surface area contributed by atoms with Crippen LogP contribution in [0.5, 0.6) is 0 Å². The van der Waals surface area contributed by atoms with Gasteiger partial charge in [0.2, 0.25) is 0 Å². The highest BCUT2D eigenvalue weighted by Crippen LogP contribution is 2.35. The molecule has 2 fully saturated rings. The summed E-state index contributed by atoms with van der Waals surface area (Å²) in [5.41, 5.74) is 2.02. The first-order valence-corrected chi connectivity index (χ1v) is 10.3. The van der Waals surface area contributed by atoms with Crippen LogP contribution in [0.25, 0.3) is 0 Å². The third kappa shape index (κ3) is 5.16. The van der Waals surface area contributed by atoms with Gasteiger partial charge in [-0.05, 0) is 64.3 Å². The molecule has 2 unspecified atom stereocenters. The number of carbonyl (C=O) groups is 1. The zero-order valence-electron chi connectivity index (χ0n) is 17.6. The summed E-state index contributed by atoms with van der Waals surface area (Å²) in [5.74, 6) is 0.509. The summed E-state index contributed by atoms with van der Waals surface area (Å²) in [6, 6.07) is 8.87. The number of piperazine rings is 1. The van der Waals surface area contributed by atoms with Gasteiger partial charge >= 0.3 is 6.09 Å². The molecule has 150 valence electrons. The van der Waals surface area contributed by atoms with Gasteiger partial charge in [-0.2, -0.15) is 0 Å². The maximum Gasteiger partial charge on any atom is 0.410 e. The molecule has 3 rings (SSSR count). The molecule has 0 bridgehead atoms. The summed E-state index contributed by atoms with van der Waals surface area (Å²) in [6.07, 6.45) is 1.94. The van der Waals surface area contributed by atoms with Crippen LogP contribution in [0.3, 0.4) is 0 Å². The standard InChI is InChI=1S/C22H35N3O2/c1-17-9-10-20(25(16-17)21(26)27-22(2,3)4)18-7-6-8-19(15-18)24-13-11-23(5)12-14-24/h6-8,15,17,20H,9-14,16H2,1-5H3. The molecule has 1 aromatic carbocycles. The van der Waals surface area contributed by atoms with Crippen LogP contribution in [0.2, 0.25) is 0 Å².